The molecular weight excluding hydrogens is 266 g/mol. The Labute approximate surface area is 115 Å². The maximum Gasteiger partial charge on any atom is 0.327 e. The van der Waals surface area contributed by atoms with Gasteiger partial charge < -0.3 is 14.4 Å². The molecule has 1 amide bonds. The Morgan fingerprint density at radius 1 is 1.53 bits per heavy atom. The molecule has 102 valence electrons. The van der Waals surface area contributed by atoms with E-state index in [-0.39, 0.29) is 5.91 Å². The number of carbonyl (C=O) groups excluding carboxylic acids is 1. The molecule has 0 bridgehead atoms. The molecule has 0 spiro atoms. The second kappa shape index (κ2) is 5.97. The van der Waals surface area contributed by atoms with Crippen molar-refractivity contribution in [1.29, 1.82) is 0 Å². The van der Waals surface area contributed by atoms with Gasteiger partial charge >= 0.3 is 5.97 Å². The molecule has 0 aliphatic carbocycles. The van der Waals surface area contributed by atoms with E-state index in [1.54, 1.807) is 23.9 Å². The van der Waals surface area contributed by atoms with Crippen LogP contribution in [0.25, 0.3) is 6.08 Å². The molecule has 1 aromatic rings. The standard InChI is InChI=1S/C13H15NO4S/c1-9-2-3-10(18-9)4-5-12(15)14-6-7-19-8-11(14)13(16)17/h2-5,11H,6-8H2,1H3,(H,16,17)/b5-4+. The quantitative estimate of drug-likeness (QED) is 0.853. The molecule has 1 aliphatic rings. The maximum absolute atomic E-state index is 12.0. The van der Waals surface area contributed by atoms with E-state index in [4.69, 9.17) is 9.52 Å². The largest absolute Gasteiger partial charge is 0.480 e. The van der Waals surface area contributed by atoms with Crippen molar-refractivity contribution >= 4 is 29.7 Å². The van der Waals surface area contributed by atoms with Crippen molar-refractivity contribution in [3.63, 3.8) is 0 Å². The van der Waals surface area contributed by atoms with Crippen LogP contribution in [0.15, 0.2) is 22.6 Å². The van der Waals surface area contributed by atoms with Crippen LogP contribution in [0.2, 0.25) is 0 Å². The fraction of sp³-hybridized carbons (Fsp3) is 0.385. The van der Waals surface area contributed by atoms with E-state index in [1.165, 1.54) is 11.0 Å². The molecule has 1 aliphatic heterocycles. The zero-order valence-corrected chi connectivity index (χ0v) is 11.4. The highest BCUT2D eigenvalue weighted by Gasteiger charge is 2.31. The van der Waals surface area contributed by atoms with Gasteiger partial charge in [0.25, 0.3) is 0 Å². The first-order valence-electron chi connectivity index (χ1n) is 5.93. The third-order valence-corrected chi connectivity index (χ3v) is 3.87. The van der Waals surface area contributed by atoms with Crippen LogP contribution in [0.1, 0.15) is 11.5 Å². The molecule has 1 atom stereocenters. The van der Waals surface area contributed by atoms with Crippen molar-refractivity contribution < 1.29 is 19.1 Å². The summed E-state index contributed by atoms with van der Waals surface area (Å²) >= 11 is 1.55. The average Bonchev–Trinajstić information content (AvgIpc) is 2.81. The number of hydrogen-bond donors (Lipinski definition) is 1. The predicted octanol–water partition coefficient (Wildman–Crippen LogP) is 1.63. The summed E-state index contributed by atoms with van der Waals surface area (Å²) < 4.78 is 5.32. The molecule has 6 heteroatoms. The fourth-order valence-electron chi connectivity index (χ4n) is 1.86. The summed E-state index contributed by atoms with van der Waals surface area (Å²) in [5, 5.41) is 9.10. The summed E-state index contributed by atoms with van der Waals surface area (Å²) in [6.45, 7) is 2.28. The first-order valence-corrected chi connectivity index (χ1v) is 7.09. The van der Waals surface area contributed by atoms with Crippen LogP contribution >= 0.6 is 11.8 Å². The zero-order chi connectivity index (χ0) is 13.8. The Hall–Kier alpha value is -1.69. The Kier molecular flexibility index (Phi) is 4.31. The number of amides is 1. The monoisotopic (exact) mass is 281 g/mol. The highest BCUT2D eigenvalue weighted by atomic mass is 32.2. The minimum Gasteiger partial charge on any atom is -0.480 e. The zero-order valence-electron chi connectivity index (χ0n) is 10.5. The number of carboxylic acids is 1. The minimum atomic E-state index is -0.956. The van der Waals surface area contributed by atoms with Crippen LogP contribution < -0.4 is 0 Å². The van der Waals surface area contributed by atoms with Gasteiger partial charge in [0.1, 0.15) is 17.6 Å². The number of nitrogens with zero attached hydrogens (tertiary/aromatic N) is 1. The second-order valence-corrected chi connectivity index (χ2v) is 5.39. The summed E-state index contributed by atoms with van der Waals surface area (Å²) in [5.41, 5.74) is 0. The van der Waals surface area contributed by atoms with E-state index in [9.17, 15) is 9.59 Å². The summed E-state index contributed by atoms with van der Waals surface area (Å²) in [7, 11) is 0. The molecule has 1 saturated heterocycles. The highest BCUT2D eigenvalue weighted by Crippen LogP contribution is 2.17. The van der Waals surface area contributed by atoms with Crippen molar-refractivity contribution in [3.8, 4) is 0 Å². The molecule has 0 aromatic carbocycles. The normalized spacial score (nSPS) is 19.8. The lowest BCUT2D eigenvalue weighted by atomic mass is 10.2. The minimum absolute atomic E-state index is 0.290. The van der Waals surface area contributed by atoms with E-state index in [1.807, 2.05) is 13.0 Å². The van der Waals surface area contributed by atoms with Crippen molar-refractivity contribution in [3.05, 3.63) is 29.7 Å². The Morgan fingerprint density at radius 2 is 2.32 bits per heavy atom. The van der Waals surface area contributed by atoms with E-state index in [0.29, 0.717) is 18.1 Å². The van der Waals surface area contributed by atoms with E-state index in [0.717, 1.165) is 11.5 Å². The molecular formula is C13H15NO4S. The van der Waals surface area contributed by atoms with Crippen LogP contribution in [0.4, 0.5) is 0 Å². The van der Waals surface area contributed by atoms with E-state index in [2.05, 4.69) is 0 Å². The van der Waals surface area contributed by atoms with Gasteiger partial charge in [0, 0.05) is 24.1 Å². The molecule has 1 unspecified atom stereocenters. The van der Waals surface area contributed by atoms with Crippen LogP contribution in [-0.2, 0) is 9.59 Å². The summed E-state index contributed by atoms with van der Waals surface area (Å²) in [6, 6.07) is 2.83. The third-order valence-electron chi connectivity index (χ3n) is 2.85. The van der Waals surface area contributed by atoms with Crippen molar-refractivity contribution in [1.82, 2.24) is 4.90 Å². The molecule has 5 nitrogen and oxygen atoms in total. The molecule has 1 fully saturated rings. The smallest absolute Gasteiger partial charge is 0.327 e. The predicted molar refractivity (Wildman–Crippen MR) is 72.9 cm³/mol. The van der Waals surface area contributed by atoms with Gasteiger partial charge in [0.2, 0.25) is 5.91 Å². The van der Waals surface area contributed by atoms with Gasteiger partial charge in [0.05, 0.1) is 0 Å². The van der Waals surface area contributed by atoms with Gasteiger partial charge in [0.15, 0.2) is 0 Å². The van der Waals surface area contributed by atoms with Crippen molar-refractivity contribution in [2.24, 2.45) is 0 Å². The number of aryl methyl sites for hydroxylation is 1. The lowest BCUT2D eigenvalue weighted by Gasteiger charge is -2.31. The number of hydrogen-bond acceptors (Lipinski definition) is 4. The Morgan fingerprint density at radius 3 is 2.95 bits per heavy atom. The first-order chi connectivity index (χ1) is 9.08. The molecule has 0 radical (unpaired) electrons. The Bertz CT molecular complexity index is 508. The molecule has 2 heterocycles. The SMILES string of the molecule is Cc1ccc(/C=C/C(=O)N2CCSCC2C(=O)O)o1. The van der Waals surface area contributed by atoms with Crippen LogP contribution in [-0.4, -0.2) is 46.0 Å². The van der Waals surface area contributed by atoms with Crippen molar-refractivity contribution in [2.75, 3.05) is 18.1 Å². The van der Waals surface area contributed by atoms with Crippen molar-refractivity contribution in [2.45, 2.75) is 13.0 Å². The molecule has 0 saturated carbocycles. The van der Waals surface area contributed by atoms with Crippen LogP contribution in [0, 0.1) is 6.92 Å². The van der Waals surface area contributed by atoms with Crippen LogP contribution in [0.5, 0.6) is 0 Å². The number of thioether (sulfide) groups is 1. The van der Waals surface area contributed by atoms with Gasteiger partial charge in [-0.3, -0.25) is 4.79 Å². The summed E-state index contributed by atoms with van der Waals surface area (Å²) in [5.74, 6) is 1.32. The molecule has 1 aromatic heterocycles. The first kappa shape index (κ1) is 13.7. The number of carboxylic acid groups (broad SMARTS) is 1. The third kappa shape index (κ3) is 3.41. The topological polar surface area (TPSA) is 70.8 Å². The lowest BCUT2D eigenvalue weighted by Crippen LogP contribution is -2.49. The molecule has 2 rings (SSSR count). The van der Waals surface area contributed by atoms with E-state index >= 15 is 0 Å². The maximum atomic E-state index is 12.0. The Balaban J connectivity index is 2.05. The van der Waals surface area contributed by atoms with Crippen LogP contribution in [0.3, 0.4) is 0 Å². The van der Waals surface area contributed by atoms with Gasteiger partial charge in [-0.2, -0.15) is 11.8 Å². The number of aliphatic carboxylic acids is 1. The number of furan rings is 1. The highest BCUT2D eigenvalue weighted by molar-refractivity contribution is 7.99. The molecule has 19 heavy (non-hydrogen) atoms. The molecule has 1 N–H and O–H groups in total. The van der Waals surface area contributed by atoms with Gasteiger partial charge in [-0.1, -0.05) is 0 Å². The second-order valence-electron chi connectivity index (χ2n) is 4.24. The number of carbonyl (C=O) groups is 2. The average molecular weight is 281 g/mol. The van der Waals surface area contributed by atoms with E-state index < -0.39 is 12.0 Å². The van der Waals surface area contributed by atoms with Gasteiger partial charge in [-0.25, -0.2) is 4.79 Å². The van der Waals surface area contributed by atoms with Gasteiger partial charge in [-0.15, -0.1) is 0 Å². The fourth-order valence-corrected chi connectivity index (χ4v) is 2.90. The van der Waals surface area contributed by atoms with Gasteiger partial charge in [-0.05, 0) is 25.1 Å². The summed E-state index contributed by atoms with van der Waals surface area (Å²) in [6.07, 6.45) is 2.93. The summed E-state index contributed by atoms with van der Waals surface area (Å²) in [4.78, 5) is 24.5. The lowest BCUT2D eigenvalue weighted by molar-refractivity contribution is -0.147. The number of rotatable bonds is 3.